The van der Waals surface area contributed by atoms with E-state index in [4.69, 9.17) is 4.99 Å². The molecular formula is C17H27N3. The first-order valence-electron chi connectivity index (χ1n) is 7.64. The predicted molar refractivity (Wildman–Crippen MR) is 86.5 cm³/mol. The van der Waals surface area contributed by atoms with Crippen molar-refractivity contribution in [3.8, 4) is 23.7 Å². The first-order chi connectivity index (χ1) is 9.65. The average Bonchev–Trinajstić information content (AvgIpc) is 2.74. The van der Waals surface area contributed by atoms with Crippen LogP contribution in [0, 0.1) is 23.7 Å². The van der Waals surface area contributed by atoms with E-state index in [0.717, 1.165) is 51.3 Å². The lowest BCUT2D eigenvalue weighted by atomic mass is 10.3. The fourth-order valence-electron chi connectivity index (χ4n) is 2.03. The van der Waals surface area contributed by atoms with E-state index >= 15 is 0 Å². The summed E-state index contributed by atoms with van der Waals surface area (Å²) < 4.78 is 0. The second-order valence-electron chi connectivity index (χ2n) is 5.39. The molecule has 1 aliphatic rings. The van der Waals surface area contributed by atoms with Crippen molar-refractivity contribution >= 4 is 5.96 Å². The van der Waals surface area contributed by atoms with Crippen LogP contribution in [-0.2, 0) is 0 Å². The molecule has 0 aliphatic carbocycles. The van der Waals surface area contributed by atoms with E-state index < -0.39 is 0 Å². The Bertz CT molecular complexity index is 429. The van der Waals surface area contributed by atoms with Gasteiger partial charge in [-0.05, 0) is 38.5 Å². The highest BCUT2D eigenvalue weighted by Gasteiger charge is 2.22. The molecule has 1 rings (SSSR count). The number of guanidine groups is 1. The molecule has 20 heavy (non-hydrogen) atoms. The van der Waals surface area contributed by atoms with Crippen LogP contribution < -0.4 is 0 Å². The maximum Gasteiger partial charge on any atom is 0.196 e. The van der Waals surface area contributed by atoms with Crippen LogP contribution in [0.5, 0.6) is 0 Å². The molecule has 0 atom stereocenters. The van der Waals surface area contributed by atoms with Crippen molar-refractivity contribution in [1.82, 2.24) is 9.80 Å². The summed E-state index contributed by atoms with van der Waals surface area (Å²) in [6.07, 6.45) is 4.04. The fraction of sp³-hybridized carbons (Fsp3) is 0.706. The Kier molecular flexibility index (Phi) is 7.66. The minimum atomic E-state index is 0.349. The Hall–Kier alpha value is -1.61. The Morgan fingerprint density at radius 1 is 1.15 bits per heavy atom. The first kappa shape index (κ1) is 16.4. The van der Waals surface area contributed by atoms with Crippen molar-refractivity contribution in [2.75, 3.05) is 26.7 Å². The van der Waals surface area contributed by atoms with E-state index in [0.29, 0.717) is 6.04 Å². The van der Waals surface area contributed by atoms with E-state index in [-0.39, 0.29) is 0 Å². The van der Waals surface area contributed by atoms with Gasteiger partial charge in [0.15, 0.2) is 5.96 Å². The van der Waals surface area contributed by atoms with Crippen LogP contribution >= 0.6 is 0 Å². The first-order valence-corrected chi connectivity index (χ1v) is 7.64. The molecule has 0 saturated carbocycles. The zero-order chi connectivity index (χ0) is 14.8. The number of aliphatic imine (C=N–C) groups is 1. The zero-order valence-electron chi connectivity index (χ0n) is 13.4. The van der Waals surface area contributed by atoms with Gasteiger partial charge in [-0.15, -0.1) is 0 Å². The molecule has 0 amide bonds. The molecule has 3 heteroatoms. The molecule has 1 aliphatic heterocycles. The molecule has 0 radical (unpaired) electrons. The molecule has 110 valence electrons. The summed E-state index contributed by atoms with van der Waals surface area (Å²) in [7, 11) is 2.12. The van der Waals surface area contributed by atoms with Gasteiger partial charge >= 0.3 is 0 Å². The Morgan fingerprint density at radius 3 is 2.50 bits per heavy atom. The Balaban J connectivity index is 2.33. The summed E-state index contributed by atoms with van der Waals surface area (Å²) in [6, 6.07) is 0.349. The largest absolute Gasteiger partial charge is 0.344 e. The van der Waals surface area contributed by atoms with Crippen molar-refractivity contribution in [3.63, 3.8) is 0 Å². The standard InChI is InChI=1S/C17H27N3/c1-5-6-7-8-9-10-11-12-13-20-15-14-19(4)17(20)18-16(2)3/h16H,5-6,11-15H2,1-4H3. The lowest BCUT2D eigenvalue weighted by molar-refractivity contribution is 0.450. The zero-order valence-corrected chi connectivity index (χ0v) is 13.4. The summed E-state index contributed by atoms with van der Waals surface area (Å²) in [5.41, 5.74) is 0. The SMILES string of the molecule is CCCC#CC#CCCCN1CCN(C)C1=NC(C)C. The van der Waals surface area contributed by atoms with Gasteiger partial charge < -0.3 is 9.80 Å². The molecule has 0 bridgehead atoms. The number of hydrogen-bond acceptors (Lipinski definition) is 1. The van der Waals surface area contributed by atoms with Crippen molar-refractivity contribution in [2.45, 2.75) is 52.5 Å². The molecule has 1 saturated heterocycles. The van der Waals surface area contributed by atoms with Crippen LogP contribution in [0.25, 0.3) is 0 Å². The third kappa shape index (κ3) is 6.02. The van der Waals surface area contributed by atoms with E-state index in [9.17, 15) is 0 Å². The number of likely N-dealkylation sites (N-methyl/N-ethyl adjacent to an activating group) is 1. The van der Waals surface area contributed by atoms with Gasteiger partial charge in [0.1, 0.15) is 0 Å². The molecule has 1 fully saturated rings. The van der Waals surface area contributed by atoms with Crippen molar-refractivity contribution in [3.05, 3.63) is 0 Å². The number of hydrogen-bond donors (Lipinski definition) is 0. The maximum absolute atomic E-state index is 4.70. The Morgan fingerprint density at radius 2 is 1.85 bits per heavy atom. The predicted octanol–water partition coefficient (Wildman–Crippen LogP) is 2.59. The van der Waals surface area contributed by atoms with Gasteiger partial charge in [-0.2, -0.15) is 0 Å². The number of rotatable bonds is 5. The van der Waals surface area contributed by atoms with Crippen LogP contribution in [0.4, 0.5) is 0 Å². The molecule has 0 aromatic rings. The van der Waals surface area contributed by atoms with Gasteiger partial charge in [0.05, 0.1) is 0 Å². The Labute approximate surface area is 124 Å². The average molecular weight is 273 g/mol. The van der Waals surface area contributed by atoms with Crippen molar-refractivity contribution < 1.29 is 0 Å². The van der Waals surface area contributed by atoms with Crippen molar-refractivity contribution in [1.29, 1.82) is 0 Å². The summed E-state index contributed by atoms with van der Waals surface area (Å²) >= 11 is 0. The van der Waals surface area contributed by atoms with Crippen LogP contribution in [0.2, 0.25) is 0 Å². The van der Waals surface area contributed by atoms with Crippen LogP contribution in [0.3, 0.4) is 0 Å². The maximum atomic E-state index is 4.70. The molecule has 0 unspecified atom stereocenters. The molecule has 0 aromatic heterocycles. The fourth-order valence-corrected chi connectivity index (χ4v) is 2.03. The highest BCUT2D eigenvalue weighted by molar-refractivity contribution is 5.81. The second kappa shape index (κ2) is 9.32. The second-order valence-corrected chi connectivity index (χ2v) is 5.39. The van der Waals surface area contributed by atoms with Crippen LogP contribution in [0.15, 0.2) is 4.99 Å². The molecule has 0 N–H and O–H groups in total. The number of unbranched alkanes of at least 4 members (excludes halogenated alkanes) is 2. The van der Waals surface area contributed by atoms with Gasteiger partial charge in [-0.1, -0.05) is 18.8 Å². The summed E-state index contributed by atoms with van der Waals surface area (Å²) in [5.74, 6) is 13.1. The van der Waals surface area contributed by atoms with Crippen LogP contribution in [-0.4, -0.2) is 48.5 Å². The lowest BCUT2D eigenvalue weighted by Gasteiger charge is -2.21. The lowest BCUT2D eigenvalue weighted by Crippen LogP contribution is -2.33. The third-order valence-electron chi connectivity index (χ3n) is 3.05. The molecule has 0 spiro atoms. The monoisotopic (exact) mass is 273 g/mol. The van der Waals surface area contributed by atoms with Gasteiger partial charge in [0, 0.05) is 45.6 Å². The summed E-state index contributed by atoms with van der Waals surface area (Å²) in [4.78, 5) is 9.30. The summed E-state index contributed by atoms with van der Waals surface area (Å²) in [5, 5.41) is 0. The highest BCUT2D eigenvalue weighted by Crippen LogP contribution is 2.09. The van der Waals surface area contributed by atoms with E-state index in [2.05, 4.69) is 61.3 Å². The van der Waals surface area contributed by atoms with Gasteiger partial charge in [0.2, 0.25) is 0 Å². The summed E-state index contributed by atoms with van der Waals surface area (Å²) in [6.45, 7) is 9.56. The van der Waals surface area contributed by atoms with E-state index in [1.165, 1.54) is 0 Å². The van der Waals surface area contributed by atoms with Gasteiger partial charge in [0.25, 0.3) is 0 Å². The topological polar surface area (TPSA) is 18.8 Å². The third-order valence-corrected chi connectivity index (χ3v) is 3.05. The smallest absolute Gasteiger partial charge is 0.196 e. The van der Waals surface area contributed by atoms with Gasteiger partial charge in [-0.3, -0.25) is 4.99 Å². The van der Waals surface area contributed by atoms with Gasteiger partial charge in [-0.25, -0.2) is 0 Å². The van der Waals surface area contributed by atoms with Crippen LogP contribution in [0.1, 0.15) is 46.5 Å². The molecular weight excluding hydrogens is 246 g/mol. The minimum Gasteiger partial charge on any atom is -0.344 e. The van der Waals surface area contributed by atoms with Crippen molar-refractivity contribution in [2.24, 2.45) is 4.99 Å². The minimum absolute atomic E-state index is 0.349. The van der Waals surface area contributed by atoms with E-state index in [1.54, 1.807) is 0 Å². The molecule has 0 aromatic carbocycles. The number of nitrogens with zero attached hydrogens (tertiary/aromatic N) is 3. The molecule has 3 nitrogen and oxygen atoms in total. The van der Waals surface area contributed by atoms with E-state index in [1.807, 2.05) is 0 Å². The quantitative estimate of drug-likeness (QED) is 0.566. The normalized spacial score (nSPS) is 16.1. The molecule has 1 heterocycles. The highest BCUT2D eigenvalue weighted by atomic mass is 15.4.